The van der Waals surface area contributed by atoms with Gasteiger partial charge >= 0.3 is 0 Å². The molecule has 374 valence electrons. The van der Waals surface area contributed by atoms with Crippen molar-refractivity contribution in [3.63, 3.8) is 0 Å². The van der Waals surface area contributed by atoms with Crippen LogP contribution in [0.1, 0.15) is 279 Å². The first kappa shape index (κ1) is 59.7. The summed E-state index contributed by atoms with van der Waals surface area (Å²) in [6.45, 7) is 16.4. The predicted octanol–water partition coefficient (Wildman–Crippen LogP) is 16.6. The molecule has 1 aromatic rings. The molecule has 0 bridgehead atoms. The van der Waals surface area contributed by atoms with Gasteiger partial charge in [0, 0.05) is 19.0 Å². The van der Waals surface area contributed by atoms with Gasteiger partial charge in [-0.25, -0.2) is 5.10 Å². The first-order valence-corrected chi connectivity index (χ1v) is 28.0. The van der Waals surface area contributed by atoms with Crippen LogP contribution in [0.2, 0.25) is 0 Å². The van der Waals surface area contributed by atoms with Crippen molar-refractivity contribution >= 4 is 12.2 Å². The maximum Gasteiger partial charge on any atom is 0.293 e. The lowest BCUT2D eigenvalue weighted by atomic mass is 9.89. The number of H-pyrrole nitrogens is 1. The molecule has 1 aliphatic rings. The van der Waals surface area contributed by atoms with Crippen LogP contribution in [0, 0.1) is 0 Å². The average molecular weight is 899 g/mol. The molecule has 1 aromatic heterocycles. The second-order valence-corrected chi connectivity index (χ2v) is 19.3. The molecular weight excluding hydrogens is 793 g/mol. The van der Waals surface area contributed by atoms with Gasteiger partial charge in [0.25, 0.3) is 12.0 Å². The number of ether oxygens (including phenoxy) is 2. The standard InChI is InChI=1S/C38H70N4O2.C18H36O2/c1-4-7-9-11-14-18-26-36(6-3)44-37(34-24-22-25-34)27-19-15-13-17-21-30-42(29-20-16-12-10-8-5-2)31-23-28-39-35-32-38(43)41-40-33-35;1-3-5-7-9-11-13-15-18(20-17-19)16-14-12-10-8-6-4-2/h32-33,36H,4-31H2,1-3H3,(H2,39,41,43);17-18H,3-16H2,1-2H3. The summed E-state index contributed by atoms with van der Waals surface area (Å²) in [6, 6.07) is 1.58. The van der Waals surface area contributed by atoms with E-state index in [4.69, 9.17) is 9.47 Å². The Balaban J connectivity index is 0.000000858. The highest BCUT2D eigenvalue weighted by atomic mass is 16.5. The molecule has 0 saturated heterocycles. The highest BCUT2D eigenvalue weighted by Gasteiger charge is 2.19. The van der Waals surface area contributed by atoms with E-state index < -0.39 is 0 Å². The summed E-state index contributed by atoms with van der Waals surface area (Å²) in [5.41, 5.74) is 2.28. The lowest BCUT2D eigenvalue weighted by Gasteiger charge is -2.27. The highest BCUT2D eigenvalue weighted by molar-refractivity contribution is 5.38. The van der Waals surface area contributed by atoms with E-state index in [1.54, 1.807) is 17.8 Å². The first-order valence-electron chi connectivity index (χ1n) is 28.0. The van der Waals surface area contributed by atoms with Crippen LogP contribution >= 0.6 is 0 Å². The highest BCUT2D eigenvalue weighted by Crippen LogP contribution is 2.33. The van der Waals surface area contributed by atoms with Gasteiger partial charge in [-0.3, -0.25) is 9.59 Å². The third-order valence-electron chi connectivity index (χ3n) is 13.4. The third-order valence-corrected chi connectivity index (χ3v) is 13.4. The molecule has 2 rings (SSSR count). The van der Waals surface area contributed by atoms with Crippen LogP contribution in [0.15, 0.2) is 28.4 Å². The van der Waals surface area contributed by atoms with Crippen molar-refractivity contribution in [2.24, 2.45) is 0 Å². The van der Waals surface area contributed by atoms with Crippen LogP contribution in [0.4, 0.5) is 5.69 Å². The molecule has 1 saturated carbocycles. The van der Waals surface area contributed by atoms with E-state index in [-0.39, 0.29) is 11.7 Å². The fourth-order valence-electron chi connectivity index (χ4n) is 8.93. The van der Waals surface area contributed by atoms with Crippen LogP contribution in [0.3, 0.4) is 0 Å². The topological polar surface area (TPSA) is 96.6 Å². The number of nitrogens with zero attached hydrogens (tertiary/aromatic N) is 2. The minimum absolute atomic E-state index is 0.156. The molecule has 1 atom stereocenters. The molecule has 1 unspecified atom stereocenters. The number of aromatic nitrogens is 2. The summed E-state index contributed by atoms with van der Waals surface area (Å²) >= 11 is 0. The number of anilines is 1. The number of nitrogens with one attached hydrogen (secondary N) is 2. The molecule has 0 aromatic carbocycles. The Bertz CT molecular complexity index is 1220. The minimum Gasteiger partial charge on any atom is -0.495 e. The van der Waals surface area contributed by atoms with Gasteiger partial charge in [0.2, 0.25) is 0 Å². The van der Waals surface area contributed by atoms with E-state index in [0.717, 1.165) is 50.9 Å². The van der Waals surface area contributed by atoms with Crippen LogP contribution in [-0.4, -0.2) is 60.0 Å². The van der Waals surface area contributed by atoms with E-state index in [0.29, 0.717) is 12.6 Å². The summed E-state index contributed by atoms with van der Waals surface area (Å²) in [4.78, 5) is 24.7. The van der Waals surface area contributed by atoms with Gasteiger partial charge < -0.3 is 19.7 Å². The summed E-state index contributed by atoms with van der Waals surface area (Å²) in [5, 5.41) is 9.68. The Labute approximate surface area is 396 Å². The third kappa shape index (κ3) is 35.9. The van der Waals surface area contributed by atoms with Crippen molar-refractivity contribution in [2.75, 3.05) is 31.5 Å². The molecule has 1 fully saturated rings. The Morgan fingerprint density at radius 2 is 1.08 bits per heavy atom. The quantitative estimate of drug-likeness (QED) is 0.0382. The van der Waals surface area contributed by atoms with Gasteiger partial charge in [-0.15, -0.1) is 0 Å². The molecule has 64 heavy (non-hydrogen) atoms. The zero-order valence-electron chi connectivity index (χ0n) is 43.1. The molecule has 2 N–H and O–H groups in total. The maximum absolute atomic E-state index is 11.5. The Morgan fingerprint density at radius 3 is 1.53 bits per heavy atom. The number of hydrogen-bond donors (Lipinski definition) is 2. The van der Waals surface area contributed by atoms with E-state index in [1.165, 1.54) is 231 Å². The van der Waals surface area contributed by atoms with Crippen LogP contribution in [0.5, 0.6) is 0 Å². The van der Waals surface area contributed by atoms with E-state index in [1.807, 2.05) is 0 Å². The van der Waals surface area contributed by atoms with Gasteiger partial charge in [0.05, 0.1) is 23.7 Å². The fraction of sp³-hybridized carbons (Fsp3) is 0.875. The van der Waals surface area contributed by atoms with Crippen molar-refractivity contribution < 1.29 is 14.3 Å². The zero-order chi connectivity index (χ0) is 46.4. The SMILES string of the molecule is CCCCCCCCC(CC)OC(CCCCCCCN(CCCCCCCC)CCCNc1cn[nH]c(=O)c1)=C1CCC1.CCCCCCCCC(CCCCCCCC)OC=O. The predicted molar refractivity (Wildman–Crippen MR) is 276 cm³/mol. The lowest BCUT2D eigenvalue weighted by molar-refractivity contribution is -0.134. The smallest absolute Gasteiger partial charge is 0.293 e. The van der Waals surface area contributed by atoms with E-state index in [2.05, 4.69) is 55.0 Å². The van der Waals surface area contributed by atoms with E-state index in [9.17, 15) is 9.59 Å². The molecule has 1 aliphatic carbocycles. The summed E-state index contributed by atoms with van der Waals surface area (Å²) in [5.74, 6) is 1.38. The monoisotopic (exact) mass is 899 g/mol. The Kier molecular flexibility index (Phi) is 42.7. The molecule has 0 aliphatic heterocycles. The van der Waals surface area contributed by atoms with Crippen molar-refractivity contribution in [1.82, 2.24) is 15.1 Å². The van der Waals surface area contributed by atoms with Crippen LogP contribution < -0.4 is 10.9 Å². The summed E-state index contributed by atoms with van der Waals surface area (Å²) in [7, 11) is 0. The average Bonchev–Trinajstić information content (AvgIpc) is 3.28. The molecular formula is C56H106N4O4. The molecule has 0 radical (unpaired) electrons. The Morgan fingerprint density at radius 1 is 0.625 bits per heavy atom. The van der Waals surface area contributed by atoms with Crippen molar-refractivity contribution in [1.29, 1.82) is 0 Å². The number of carbonyl (C=O) groups is 1. The number of aromatic amines is 1. The first-order chi connectivity index (χ1) is 31.5. The van der Waals surface area contributed by atoms with E-state index >= 15 is 0 Å². The second kappa shape index (κ2) is 45.8. The molecule has 8 nitrogen and oxygen atoms in total. The number of allylic oxidation sites excluding steroid dienone is 2. The summed E-state index contributed by atoms with van der Waals surface area (Å²) < 4.78 is 11.9. The Hall–Kier alpha value is -2.35. The lowest BCUT2D eigenvalue weighted by Crippen LogP contribution is -2.28. The number of unbranched alkanes of at least 4 members (excludes halogenated alkanes) is 24. The van der Waals surface area contributed by atoms with Crippen molar-refractivity contribution in [2.45, 2.75) is 291 Å². The molecule has 1 heterocycles. The molecule has 0 spiro atoms. The maximum atomic E-state index is 11.5. The number of carbonyl (C=O) groups excluding carboxylic acids is 1. The van der Waals surface area contributed by atoms with Gasteiger partial charge in [0.15, 0.2) is 0 Å². The van der Waals surface area contributed by atoms with Gasteiger partial charge in [-0.1, -0.05) is 182 Å². The minimum atomic E-state index is -0.156. The van der Waals surface area contributed by atoms with Gasteiger partial charge in [0.1, 0.15) is 6.10 Å². The molecule has 8 heteroatoms. The molecule has 0 amide bonds. The largest absolute Gasteiger partial charge is 0.495 e. The number of hydrogen-bond acceptors (Lipinski definition) is 7. The van der Waals surface area contributed by atoms with Gasteiger partial charge in [-0.05, 0) is 115 Å². The van der Waals surface area contributed by atoms with Crippen LogP contribution in [-0.2, 0) is 14.3 Å². The normalized spacial score (nSPS) is 12.8. The second-order valence-electron chi connectivity index (χ2n) is 19.3. The van der Waals surface area contributed by atoms with Gasteiger partial charge in [-0.2, -0.15) is 5.10 Å². The number of rotatable bonds is 46. The summed E-state index contributed by atoms with van der Waals surface area (Å²) in [6.07, 6.45) is 51.4. The fourth-order valence-corrected chi connectivity index (χ4v) is 8.93. The zero-order valence-corrected chi connectivity index (χ0v) is 43.1. The van der Waals surface area contributed by atoms with Crippen molar-refractivity contribution in [3.8, 4) is 0 Å². The van der Waals surface area contributed by atoms with Crippen molar-refractivity contribution in [3.05, 3.63) is 33.9 Å². The van der Waals surface area contributed by atoms with Crippen LogP contribution in [0.25, 0.3) is 0 Å².